The summed E-state index contributed by atoms with van der Waals surface area (Å²) in [4.78, 5) is 41.5. The van der Waals surface area contributed by atoms with Crippen LogP contribution in [-0.4, -0.2) is 47.8 Å². The number of anilines is 1. The molecule has 3 aromatic rings. The predicted molar refractivity (Wildman–Crippen MR) is 166 cm³/mol. The zero-order valence-corrected chi connectivity index (χ0v) is 24.8. The molecule has 4 N–H and O–H groups in total. The SMILES string of the molecule is CCCN(CCC)C(=O)c1cccc(C(=O)NC(Cc2ccccc2)C(N)CC(CC)C(=O)Nc2ccc(F)cc2)c1. The predicted octanol–water partition coefficient (Wildman–Crippen LogP) is 5.81. The first-order valence-electron chi connectivity index (χ1n) is 14.8. The molecule has 0 saturated carbocycles. The van der Waals surface area contributed by atoms with Crippen LogP contribution in [0.5, 0.6) is 0 Å². The number of nitrogens with one attached hydrogen (secondary N) is 2. The molecule has 3 unspecified atom stereocenters. The van der Waals surface area contributed by atoms with Gasteiger partial charge in [0.25, 0.3) is 11.8 Å². The quantitative estimate of drug-likeness (QED) is 0.213. The molecule has 0 saturated heterocycles. The van der Waals surface area contributed by atoms with E-state index in [0.29, 0.717) is 49.2 Å². The van der Waals surface area contributed by atoms with Gasteiger partial charge in [0, 0.05) is 47.9 Å². The van der Waals surface area contributed by atoms with Crippen molar-refractivity contribution in [2.45, 2.75) is 65.0 Å². The molecule has 3 amide bonds. The fourth-order valence-electron chi connectivity index (χ4n) is 4.99. The van der Waals surface area contributed by atoms with Gasteiger partial charge in [-0.15, -0.1) is 0 Å². The molecule has 0 heterocycles. The molecule has 3 atom stereocenters. The van der Waals surface area contributed by atoms with Gasteiger partial charge >= 0.3 is 0 Å². The lowest BCUT2D eigenvalue weighted by Crippen LogP contribution is -2.50. The second-order valence-electron chi connectivity index (χ2n) is 10.6. The van der Waals surface area contributed by atoms with Gasteiger partial charge in [-0.25, -0.2) is 4.39 Å². The maximum atomic E-state index is 13.5. The third-order valence-electron chi connectivity index (χ3n) is 7.31. The van der Waals surface area contributed by atoms with Gasteiger partial charge in [0.1, 0.15) is 5.82 Å². The molecule has 42 heavy (non-hydrogen) atoms. The molecule has 7 nitrogen and oxygen atoms in total. The van der Waals surface area contributed by atoms with Crippen LogP contribution in [0.3, 0.4) is 0 Å². The van der Waals surface area contributed by atoms with E-state index in [-0.39, 0.29) is 23.5 Å². The Morgan fingerprint density at radius 2 is 1.50 bits per heavy atom. The minimum Gasteiger partial charge on any atom is -0.347 e. The third-order valence-corrected chi connectivity index (χ3v) is 7.31. The first-order chi connectivity index (χ1) is 20.2. The van der Waals surface area contributed by atoms with Crippen LogP contribution in [0.25, 0.3) is 0 Å². The van der Waals surface area contributed by atoms with E-state index in [1.54, 1.807) is 24.3 Å². The van der Waals surface area contributed by atoms with E-state index in [4.69, 9.17) is 5.73 Å². The first-order valence-corrected chi connectivity index (χ1v) is 14.8. The van der Waals surface area contributed by atoms with E-state index in [2.05, 4.69) is 10.6 Å². The van der Waals surface area contributed by atoms with Crippen LogP contribution in [0.1, 0.15) is 72.7 Å². The van der Waals surface area contributed by atoms with Crippen LogP contribution < -0.4 is 16.4 Å². The summed E-state index contributed by atoms with van der Waals surface area (Å²) in [6.07, 6.45) is 3.06. The van der Waals surface area contributed by atoms with Crippen LogP contribution in [0.2, 0.25) is 0 Å². The van der Waals surface area contributed by atoms with Crippen LogP contribution in [0, 0.1) is 11.7 Å². The summed E-state index contributed by atoms with van der Waals surface area (Å²) in [5.41, 5.74) is 9.05. The number of hydrogen-bond donors (Lipinski definition) is 3. The highest BCUT2D eigenvalue weighted by Gasteiger charge is 2.27. The molecule has 3 aromatic carbocycles. The number of rotatable bonds is 15. The molecule has 0 spiro atoms. The van der Waals surface area contributed by atoms with E-state index >= 15 is 0 Å². The lowest BCUT2D eigenvalue weighted by atomic mass is 9.89. The Hall–Kier alpha value is -4.04. The van der Waals surface area contributed by atoms with Gasteiger partial charge in [0.15, 0.2) is 0 Å². The highest BCUT2D eigenvalue weighted by atomic mass is 19.1. The molecule has 0 aliphatic heterocycles. The minimum absolute atomic E-state index is 0.0937. The Morgan fingerprint density at radius 3 is 2.12 bits per heavy atom. The standard InChI is InChI=1S/C34H43FN4O3/c1-4-19-39(20-5-2)34(42)27-14-10-13-26(22-27)33(41)38-31(21-24-11-8-7-9-12-24)30(36)23-25(6-3)32(40)37-29-17-15-28(35)16-18-29/h7-18,22,25,30-31H,4-6,19-21,23,36H2,1-3H3,(H,37,40)(H,38,41). The van der Waals surface area contributed by atoms with E-state index < -0.39 is 18.0 Å². The van der Waals surface area contributed by atoms with Crippen LogP contribution >= 0.6 is 0 Å². The van der Waals surface area contributed by atoms with Crippen molar-refractivity contribution in [3.8, 4) is 0 Å². The lowest BCUT2D eigenvalue weighted by molar-refractivity contribution is -0.120. The van der Waals surface area contributed by atoms with Gasteiger partial charge in [-0.3, -0.25) is 14.4 Å². The molecule has 0 aliphatic rings. The van der Waals surface area contributed by atoms with Gasteiger partial charge in [-0.2, -0.15) is 0 Å². The average molecular weight is 575 g/mol. The molecule has 3 rings (SSSR count). The van der Waals surface area contributed by atoms with Crippen molar-refractivity contribution in [1.82, 2.24) is 10.2 Å². The summed E-state index contributed by atoms with van der Waals surface area (Å²) in [6.45, 7) is 7.29. The molecule has 0 aliphatic carbocycles. The molecular weight excluding hydrogens is 531 g/mol. The van der Waals surface area contributed by atoms with Crippen LogP contribution in [-0.2, 0) is 11.2 Å². The zero-order valence-electron chi connectivity index (χ0n) is 24.8. The summed E-state index contributed by atoms with van der Waals surface area (Å²) < 4.78 is 13.3. The third kappa shape index (κ3) is 9.52. The number of nitrogens with two attached hydrogens (primary N) is 1. The molecule has 224 valence electrons. The van der Waals surface area contributed by atoms with E-state index in [1.807, 2.05) is 56.0 Å². The Balaban J connectivity index is 1.77. The van der Waals surface area contributed by atoms with E-state index in [1.165, 1.54) is 24.3 Å². The van der Waals surface area contributed by atoms with Gasteiger partial charge < -0.3 is 21.3 Å². The van der Waals surface area contributed by atoms with Crippen molar-refractivity contribution < 1.29 is 18.8 Å². The summed E-state index contributed by atoms with van der Waals surface area (Å²) >= 11 is 0. The average Bonchev–Trinajstić information content (AvgIpc) is 3.00. The number of benzene rings is 3. The van der Waals surface area contributed by atoms with Crippen molar-refractivity contribution >= 4 is 23.4 Å². The smallest absolute Gasteiger partial charge is 0.253 e. The van der Waals surface area contributed by atoms with Crippen molar-refractivity contribution in [2.24, 2.45) is 11.7 Å². The Bertz CT molecular complexity index is 1290. The van der Waals surface area contributed by atoms with Crippen molar-refractivity contribution in [3.05, 3.63) is 101 Å². The number of amides is 3. The van der Waals surface area contributed by atoms with Gasteiger partial charge in [-0.1, -0.05) is 57.2 Å². The summed E-state index contributed by atoms with van der Waals surface area (Å²) in [5, 5.41) is 5.93. The maximum Gasteiger partial charge on any atom is 0.253 e. The van der Waals surface area contributed by atoms with E-state index in [9.17, 15) is 18.8 Å². The number of halogens is 1. The molecule has 0 aromatic heterocycles. The highest BCUT2D eigenvalue weighted by Crippen LogP contribution is 2.19. The summed E-state index contributed by atoms with van der Waals surface area (Å²) in [5.74, 6) is -1.43. The molecule has 8 heteroatoms. The van der Waals surface area contributed by atoms with Crippen LogP contribution in [0.4, 0.5) is 10.1 Å². The van der Waals surface area contributed by atoms with E-state index in [0.717, 1.165) is 18.4 Å². The highest BCUT2D eigenvalue weighted by molar-refractivity contribution is 6.00. The minimum atomic E-state index is -0.535. The Kier molecular flexibility index (Phi) is 12.7. The second-order valence-corrected chi connectivity index (χ2v) is 10.6. The van der Waals surface area contributed by atoms with Gasteiger partial charge in [0.2, 0.25) is 5.91 Å². The zero-order chi connectivity index (χ0) is 30.5. The molecular formula is C34H43FN4O3. The lowest BCUT2D eigenvalue weighted by Gasteiger charge is -2.28. The monoisotopic (exact) mass is 574 g/mol. The second kappa shape index (κ2) is 16.4. The fraction of sp³-hybridized carbons (Fsp3) is 0.382. The number of carbonyl (C=O) groups excluding carboxylic acids is 3. The maximum absolute atomic E-state index is 13.5. The normalized spacial score (nSPS) is 13.1. The van der Waals surface area contributed by atoms with Crippen LogP contribution in [0.15, 0.2) is 78.9 Å². The first kappa shape index (κ1) is 32.5. The van der Waals surface area contributed by atoms with Gasteiger partial charge in [-0.05, 0) is 80.1 Å². The largest absolute Gasteiger partial charge is 0.347 e. The molecule has 0 bridgehead atoms. The fourth-order valence-corrected chi connectivity index (χ4v) is 4.99. The molecule has 0 radical (unpaired) electrons. The number of carbonyl (C=O) groups is 3. The molecule has 0 fully saturated rings. The van der Waals surface area contributed by atoms with Crippen molar-refractivity contribution in [2.75, 3.05) is 18.4 Å². The van der Waals surface area contributed by atoms with Crippen molar-refractivity contribution in [3.63, 3.8) is 0 Å². The topological polar surface area (TPSA) is 105 Å². The number of hydrogen-bond acceptors (Lipinski definition) is 4. The Morgan fingerprint density at radius 1 is 0.857 bits per heavy atom. The van der Waals surface area contributed by atoms with Crippen molar-refractivity contribution in [1.29, 1.82) is 0 Å². The summed E-state index contributed by atoms with van der Waals surface area (Å²) in [6, 6.07) is 21.1. The Labute approximate surface area is 248 Å². The number of nitrogens with zero attached hydrogens (tertiary/aromatic N) is 1. The summed E-state index contributed by atoms with van der Waals surface area (Å²) in [7, 11) is 0. The van der Waals surface area contributed by atoms with Gasteiger partial charge in [0.05, 0.1) is 0 Å².